The lowest BCUT2D eigenvalue weighted by Gasteiger charge is -2.43. The fourth-order valence-corrected chi connectivity index (χ4v) is 8.97. The summed E-state index contributed by atoms with van der Waals surface area (Å²) in [5, 5.41) is 1.37. The van der Waals surface area contributed by atoms with E-state index in [2.05, 4.69) is 70.6 Å². The van der Waals surface area contributed by atoms with E-state index >= 15 is 0 Å². The summed E-state index contributed by atoms with van der Waals surface area (Å²) in [5.41, 5.74) is 4.13. The van der Waals surface area contributed by atoms with Crippen LogP contribution in [0.3, 0.4) is 0 Å². The molecular formula is C30H54BrN3O8SSi2. The first-order valence-electron chi connectivity index (χ1n) is 15.7. The zero-order valence-electron chi connectivity index (χ0n) is 28.9. The van der Waals surface area contributed by atoms with Crippen molar-refractivity contribution in [3.8, 4) is 0 Å². The van der Waals surface area contributed by atoms with Crippen LogP contribution in [0.1, 0.15) is 79.0 Å². The number of nitrogens with zero attached hydrogens (tertiary/aromatic N) is 2. The molecule has 1 aromatic heterocycles. The number of aryl methyl sites for hydroxylation is 1. The second-order valence-electron chi connectivity index (χ2n) is 15.4. The standard InChI is InChI=1S/C30H54BrN3O8SSi2/c1-21-18-34(27(36)33(25(21)35)17-15-13-12-14-16-31)26-24(41-45(10,11)29(5,6)7)30(22(32)20-43(37,38)42-30)23(40-26)19-39-44(8,9)28(2,3)4/h18,20,23-24,26H,12-17,19,32H2,1-11H3. The average molecular weight is 753 g/mol. The molecule has 11 nitrogen and oxygen atoms in total. The summed E-state index contributed by atoms with van der Waals surface area (Å²) in [6, 6.07) is 0. The minimum atomic E-state index is -4.21. The van der Waals surface area contributed by atoms with Crippen LogP contribution in [0, 0.1) is 6.92 Å². The molecule has 0 saturated carbocycles. The fraction of sp³-hybridized carbons (Fsp3) is 0.800. The Hall–Kier alpha value is -1.08. The van der Waals surface area contributed by atoms with Crippen LogP contribution in [0.15, 0.2) is 26.9 Å². The average Bonchev–Trinajstić information content (AvgIpc) is 3.31. The van der Waals surface area contributed by atoms with Crippen LogP contribution in [0.4, 0.5) is 0 Å². The molecule has 0 amide bonds. The van der Waals surface area contributed by atoms with Crippen LogP contribution < -0.4 is 17.0 Å². The number of hydrogen-bond acceptors (Lipinski definition) is 9. The molecule has 1 aromatic rings. The molecule has 0 radical (unpaired) electrons. The van der Waals surface area contributed by atoms with Gasteiger partial charge in [-0.2, -0.15) is 8.42 Å². The van der Waals surface area contributed by atoms with Crippen LogP contribution in [-0.4, -0.2) is 63.9 Å². The fourth-order valence-electron chi connectivity index (χ4n) is 5.07. The van der Waals surface area contributed by atoms with Crippen LogP contribution >= 0.6 is 15.9 Å². The molecule has 15 heteroatoms. The Balaban J connectivity index is 2.22. The Kier molecular flexibility index (Phi) is 11.5. The number of aromatic nitrogens is 2. The van der Waals surface area contributed by atoms with Crippen molar-refractivity contribution < 1.29 is 26.2 Å². The third-order valence-corrected chi connectivity index (χ3v) is 20.5. The van der Waals surface area contributed by atoms with Crippen molar-refractivity contribution in [1.29, 1.82) is 0 Å². The third-order valence-electron chi connectivity index (χ3n) is 9.98. The summed E-state index contributed by atoms with van der Waals surface area (Å²) in [7, 11) is -9.24. The van der Waals surface area contributed by atoms with Crippen LogP contribution in [0.5, 0.6) is 0 Å². The second kappa shape index (κ2) is 13.4. The van der Waals surface area contributed by atoms with Gasteiger partial charge >= 0.3 is 5.69 Å². The van der Waals surface area contributed by atoms with E-state index in [1.54, 1.807) is 6.92 Å². The molecule has 258 valence electrons. The SMILES string of the molecule is Cc1cn(C2OC(CO[Si](C)(C)C(C)(C)C)C3(OS(=O)(=O)C=C3N)C2O[Si](C)(C)C(C)(C)C)c(=O)n(CCCCCCBr)c1=O. The highest BCUT2D eigenvalue weighted by molar-refractivity contribution is 9.09. The number of nitrogens with two attached hydrogens (primary N) is 1. The molecular weight excluding hydrogens is 698 g/mol. The van der Waals surface area contributed by atoms with Gasteiger partial charge in [-0.1, -0.05) is 70.3 Å². The Morgan fingerprint density at radius 2 is 1.58 bits per heavy atom. The molecule has 0 bridgehead atoms. The van der Waals surface area contributed by atoms with Crippen molar-refractivity contribution >= 4 is 42.7 Å². The van der Waals surface area contributed by atoms with Gasteiger partial charge in [0.2, 0.25) is 0 Å². The largest absolute Gasteiger partial charge is 0.414 e. The third kappa shape index (κ3) is 7.81. The summed E-state index contributed by atoms with van der Waals surface area (Å²) in [5.74, 6) is 0. The Morgan fingerprint density at radius 3 is 2.09 bits per heavy atom. The summed E-state index contributed by atoms with van der Waals surface area (Å²) in [6.07, 6.45) is 1.65. The second-order valence-corrected chi connectivity index (χ2v) is 27.1. The lowest BCUT2D eigenvalue weighted by molar-refractivity contribution is -0.0567. The van der Waals surface area contributed by atoms with Gasteiger partial charge < -0.3 is 19.3 Å². The monoisotopic (exact) mass is 751 g/mol. The predicted molar refractivity (Wildman–Crippen MR) is 186 cm³/mol. The van der Waals surface area contributed by atoms with Crippen LogP contribution in [0.2, 0.25) is 36.3 Å². The topological polar surface area (TPSA) is 141 Å². The van der Waals surface area contributed by atoms with Gasteiger partial charge in [-0.25, -0.2) is 8.98 Å². The molecule has 3 heterocycles. The number of ether oxygens (including phenoxy) is 1. The van der Waals surface area contributed by atoms with E-state index in [0.717, 1.165) is 30.0 Å². The highest BCUT2D eigenvalue weighted by Gasteiger charge is 2.67. The van der Waals surface area contributed by atoms with Crippen molar-refractivity contribution in [2.45, 2.75) is 141 Å². The maximum atomic E-state index is 14.1. The minimum Gasteiger partial charge on any atom is -0.414 e. The van der Waals surface area contributed by atoms with Crippen molar-refractivity contribution in [2.75, 3.05) is 11.9 Å². The van der Waals surface area contributed by atoms with E-state index in [1.165, 1.54) is 15.3 Å². The lowest BCUT2D eigenvalue weighted by atomic mass is 9.89. The quantitative estimate of drug-likeness (QED) is 0.127. The molecule has 1 fully saturated rings. The minimum absolute atomic E-state index is 0.0324. The van der Waals surface area contributed by atoms with E-state index in [4.69, 9.17) is 23.5 Å². The lowest BCUT2D eigenvalue weighted by Crippen LogP contribution is -2.59. The number of rotatable bonds is 12. The Morgan fingerprint density at radius 1 is 1.00 bits per heavy atom. The van der Waals surface area contributed by atoms with E-state index in [1.807, 2.05) is 13.1 Å². The van der Waals surface area contributed by atoms with Crippen molar-refractivity contribution in [3.05, 3.63) is 43.7 Å². The van der Waals surface area contributed by atoms with Gasteiger partial charge in [0.1, 0.15) is 12.2 Å². The summed E-state index contributed by atoms with van der Waals surface area (Å²) in [4.78, 5) is 27.3. The van der Waals surface area contributed by atoms with Gasteiger partial charge in [0, 0.05) is 23.6 Å². The van der Waals surface area contributed by atoms with Crippen molar-refractivity contribution in [2.24, 2.45) is 5.73 Å². The van der Waals surface area contributed by atoms with Gasteiger partial charge in [-0.15, -0.1) is 0 Å². The highest BCUT2D eigenvalue weighted by atomic mass is 79.9. The van der Waals surface area contributed by atoms with Crippen molar-refractivity contribution in [1.82, 2.24) is 9.13 Å². The molecule has 0 aromatic carbocycles. The highest BCUT2D eigenvalue weighted by Crippen LogP contribution is 2.52. The van der Waals surface area contributed by atoms with E-state index in [9.17, 15) is 18.0 Å². The summed E-state index contributed by atoms with van der Waals surface area (Å²) >= 11 is 3.44. The zero-order chi connectivity index (χ0) is 34.4. The molecule has 4 atom stereocenters. The van der Waals surface area contributed by atoms with Crippen LogP contribution in [-0.2, 0) is 34.4 Å². The predicted octanol–water partition coefficient (Wildman–Crippen LogP) is 5.48. The van der Waals surface area contributed by atoms with E-state index in [-0.39, 0.29) is 34.5 Å². The molecule has 4 unspecified atom stereocenters. The normalized spacial score (nSPS) is 25.7. The maximum absolute atomic E-state index is 14.1. The van der Waals surface area contributed by atoms with E-state index < -0.39 is 56.5 Å². The molecule has 3 rings (SSSR count). The first kappa shape index (κ1) is 38.4. The molecule has 1 spiro atoms. The molecule has 45 heavy (non-hydrogen) atoms. The number of alkyl halides is 1. The first-order valence-corrected chi connectivity index (χ1v) is 24.1. The molecule has 2 aliphatic rings. The van der Waals surface area contributed by atoms with Gasteiger partial charge in [0.15, 0.2) is 28.5 Å². The van der Waals surface area contributed by atoms with Gasteiger partial charge in [-0.05, 0) is 56.0 Å². The van der Waals surface area contributed by atoms with Gasteiger partial charge in [0.25, 0.3) is 15.7 Å². The molecule has 2 aliphatic heterocycles. The zero-order valence-corrected chi connectivity index (χ0v) is 33.3. The van der Waals surface area contributed by atoms with Crippen molar-refractivity contribution in [3.63, 3.8) is 0 Å². The van der Waals surface area contributed by atoms with Crippen LogP contribution in [0.25, 0.3) is 0 Å². The number of hydrogen-bond donors (Lipinski definition) is 1. The summed E-state index contributed by atoms with van der Waals surface area (Å²) < 4.78 is 54.7. The molecule has 0 aliphatic carbocycles. The Labute approximate surface area is 279 Å². The summed E-state index contributed by atoms with van der Waals surface area (Å²) in [6.45, 7) is 22.6. The Bertz CT molecular complexity index is 1490. The molecule has 2 N–H and O–H groups in total. The number of unbranched alkanes of at least 4 members (excludes halogenated alkanes) is 3. The van der Waals surface area contributed by atoms with E-state index in [0.29, 0.717) is 12.0 Å². The van der Waals surface area contributed by atoms with Gasteiger partial charge in [0.05, 0.1) is 17.7 Å². The smallest absolute Gasteiger partial charge is 0.333 e. The first-order chi connectivity index (χ1) is 20.4. The maximum Gasteiger partial charge on any atom is 0.333 e. The molecule has 1 saturated heterocycles. The number of halogens is 1. The van der Waals surface area contributed by atoms with Gasteiger partial charge in [-0.3, -0.25) is 13.9 Å².